The highest BCUT2D eigenvalue weighted by Crippen LogP contribution is 2.75. The zero-order chi connectivity index (χ0) is 31.0. The second-order valence-corrected chi connectivity index (χ2v) is 16.6. The molecule has 0 heterocycles. The molecule has 5 aliphatic rings. The zero-order valence-corrected chi connectivity index (χ0v) is 27.6. The number of ether oxygens (including phenoxy) is 1. The van der Waals surface area contributed by atoms with Crippen LogP contribution in [0.4, 0.5) is 0 Å². The number of rotatable bonds is 4. The van der Waals surface area contributed by atoms with Crippen LogP contribution in [0.1, 0.15) is 112 Å². The van der Waals surface area contributed by atoms with Crippen molar-refractivity contribution in [3.05, 3.63) is 53.6 Å². The fourth-order valence-corrected chi connectivity index (χ4v) is 12.0. The molecule has 4 nitrogen and oxygen atoms in total. The molecular weight excluding hydrogens is 532 g/mol. The fraction of sp³-hybridized carbons (Fsp3) is 0.692. The van der Waals surface area contributed by atoms with Gasteiger partial charge in [-0.15, -0.1) is 0 Å². The van der Waals surface area contributed by atoms with Crippen LogP contribution in [0.3, 0.4) is 0 Å². The lowest BCUT2D eigenvalue weighted by molar-refractivity contribution is -0.213. The summed E-state index contributed by atoms with van der Waals surface area (Å²) >= 11 is 0. The minimum absolute atomic E-state index is 0.0223. The molecule has 0 saturated heterocycles. The number of benzene rings is 1. The van der Waals surface area contributed by atoms with E-state index in [1.54, 1.807) is 6.08 Å². The molecule has 43 heavy (non-hydrogen) atoms. The molecule has 1 aromatic carbocycles. The first-order valence-corrected chi connectivity index (χ1v) is 17.1. The lowest BCUT2D eigenvalue weighted by Gasteiger charge is -2.71. The smallest absolute Gasteiger partial charge is 0.331 e. The van der Waals surface area contributed by atoms with Crippen LogP contribution in [-0.2, 0) is 14.3 Å². The number of carboxylic acids is 1. The van der Waals surface area contributed by atoms with Gasteiger partial charge in [-0.05, 0) is 115 Å². The summed E-state index contributed by atoms with van der Waals surface area (Å²) in [6, 6.07) is 9.91. The predicted molar refractivity (Wildman–Crippen MR) is 172 cm³/mol. The molecule has 4 fully saturated rings. The molecule has 1 aromatic rings. The summed E-state index contributed by atoms with van der Waals surface area (Å²) in [7, 11) is 0. The number of carboxylic acid groups (broad SMARTS) is 1. The third kappa shape index (κ3) is 4.35. The largest absolute Gasteiger partial charge is 0.481 e. The first-order valence-electron chi connectivity index (χ1n) is 17.1. The summed E-state index contributed by atoms with van der Waals surface area (Å²) in [6.07, 6.45) is 14.8. The van der Waals surface area contributed by atoms with Crippen molar-refractivity contribution in [2.75, 3.05) is 0 Å². The van der Waals surface area contributed by atoms with E-state index < -0.39 is 11.4 Å². The summed E-state index contributed by atoms with van der Waals surface area (Å²) < 4.78 is 6.21. The summed E-state index contributed by atoms with van der Waals surface area (Å²) in [5, 5.41) is 10.7. The van der Waals surface area contributed by atoms with E-state index in [2.05, 4.69) is 54.5 Å². The summed E-state index contributed by atoms with van der Waals surface area (Å²) in [5.74, 6) is 1.29. The van der Waals surface area contributed by atoms with Crippen molar-refractivity contribution in [1.29, 1.82) is 0 Å². The molecule has 0 bridgehead atoms. The molecule has 0 aromatic heterocycles. The predicted octanol–water partition coefficient (Wildman–Crippen LogP) is 9.35. The van der Waals surface area contributed by atoms with Crippen LogP contribution < -0.4 is 0 Å². The van der Waals surface area contributed by atoms with Crippen molar-refractivity contribution in [3.63, 3.8) is 0 Å². The maximum atomic E-state index is 13.0. The van der Waals surface area contributed by atoms with Gasteiger partial charge in [-0.1, -0.05) is 90.4 Å². The van der Waals surface area contributed by atoms with Crippen LogP contribution >= 0.6 is 0 Å². The average Bonchev–Trinajstić information content (AvgIpc) is 2.96. The van der Waals surface area contributed by atoms with Crippen molar-refractivity contribution in [1.82, 2.24) is 0 Å². The summed E-state index contributed by atoms with van der Waals surface area (Å²) in [6.45, 7) is 17.0. The Kier molecular flexibility index (Phi) is 7.38. The second kappa shape index (κ2) is 10.3. The van der Waals surface area contributed by atoms with Crippen molar-refractivity contribution < 1.29 is 19.4 Å². The summed E-state index contributed by atoms with van der Waals surface area (Å²) in [5.41, 5.74) is 2.08. The molecule has 234 valence electrons. The topological polar surface area (TPSA) is 63.6 Å². The molecule has 0 spiro atoms. The van der Waals surface area contributed by atoms with E-state index in [4.69, 9.17) is 4.74 Å². The number of aliphatic carboxylic acids is 1. The molecule has 1 unspecified atom stereocenters. The van der Waals surface area contributed by atoms with Crippen LogP contribution in [0.15, 0.2) is 48.1 Å². The van der Waals surface area contributed by atoms with Gasteiger partial charge in [0.15, 0.2) is 0 Å². The monoisotopic (exact) mass is 586 g/mol. The molecule has 0 amide bonds. The second-order valence-electron chi connectivity index (χ2n) is 16.6. The molecule has 0 radical (unpaired) electrons. The van der Waals surface area contributed by atoms with Crippen LogP contribution in [-0.4, -0.2) is 23.1 Å². The van der Waals surface area contributed by atoms with E-state index in [0.717, 1.165) is 63.4 Å². The van der Waals surface area contributed by atoms with Gasteiger partial charge < -0.3 is 9.84 Å². The van der Waals surface area contributed by atoms with Crippen molar-refractivity contribution in [2.45, 2.75) is 112 Å². The number of allylic oxidation sites excluding steroid dienone is 2. The highest BCUT2D eigenvalue weighted by atomic mass is 16.5. The Balaban J connectivity index is 1.28. The van der Waals surface area contributed by atoms with Crippen molar-refractivity contribution >= 4 is 18.0 Å². The molecule has 6 rings (SSSR count). The summed E-state index contributed by atoms with van der Waals surface area (Å²) in [4.78, 5) is 25.9. The molecule has 1 N–H and O–H groups in total. The molecular formula is C39H54O4. The van der Waals surface area contributed by atoms with E-state index >= 15 is 0 Å². The van der Waals surface area contributed by atoms with E-state index in [1.807, 2.05) is 36.4 Å². The lowest BCUT2D eigenvalue weighted by Crippen LogP contribution is -2.65. The lowest BCUT2D eigenvalue weighted by atomic mass is 9.33. The normalized spacial score (nSPS) is 45.1. The number of esters is 1. The van der Waals surface area contributed by atoms with Gasteiger partial charge in [0, 0.05) is 11.5 Å². The minimum Gasteiger partial charge on any atom is -0.481 e. The molecule has 4 heteroatoms. The number of carbonyl (C=O) groups is 2. The fourth-order valence-electron chi connectivity index (χ4n) is 12.0. The molecule has 4 saturated carbocycles. The molecule has 0 aliphatic heterocycles. The third-order valence-corrected chi connectivity index (χ3v) is 14.8. The molecule has 10 atom stereocenters. The first-order chi connectivity index (χ1) is 20.2. The van der Waals surface area contributed by atoms with Gasteiger partial charge in [-0.25, -0.2) is 4.79 Å². The Hall–Kier alpha value is -2.36. The number of fused-ring (bicyclic) bond motifs is 7. The average molecular weight is 587 g/mol. The van der Waals surface area contributed by atoms with E-state index in [1.165, 1.54) is 5.57 Å². The maximum absolute atomic E-state index is 13.0. The maximum Gasteiger partial charge on any atom is 0.331 e. The highest BCUT2D eigenvalue weighted by Gasteiger charge is 2.69. The number of hydrogen-bond acceptors (Lipinski definition) is 3. The van der Waals surface area contributed by atoms with Crippen LogP contribution in [0.2, 0.25) is 0 Å². The first kappa shape index (κ1) is 30.7. The Morgan fingerprint density at radius 1 is 0.884 bits per heavy atom. The van der Waals surface area contributed by atoms with Crippen LogP contribution in [0.5, 0.6) is 0 Å². The van der Waals surface area contributed by atoms with Gasteiger partial charge in [0.25, 0.3) is 0 Å². The van der Waals surface area contributed by atoms with Crippen molar-refractivity contribution in [2.24, 2.45) is 56.7 Å². The van der Waals surface area contributed by atoms with Gasteiger partial charge in [0.2, 0.25) is 0 Å². The highest BCUT2D eigenvalue weighted by molar-refractivity contribution is 5.87. The van der Waals surface area contributed by atoms with Gasteiger partial charge in [-0.2, -0.15) is 0 Å². The third-order valence-electron chi connectivity index (χ3n) is 14.8. The van der Waals surface area contributed by atoms with Crippen LogP contribution in [0.25, 0.3) is 6.08 Å². The Labute approximate surface area is 259 Å². The van der Waals surface area contributed by atoms with E-state index in [-0.39, 0.29) is 39.7 Å². The Morgan fingerprint density at radius 3 is 2.30 bits per heavy atom. The Morgan fingerprint density at radius 2 is 1.60 bits per heavy atom. The number of carbonyl (C=O) groups excluding carboxylic acids is 1. The SMILES string of the molecule is C[C@@H]1CC[C@]2(C(=O)O)CC[C@]3(C)C(=CC[C@@H]4[C@@]5(C)CC[C@H](OC(=O)/C=C/c6ccccc6)C(C)(C)[C@@H]5CC[C@]43C)C2[C@H]1C. The van der Waals surface area contributed by atoms with E-state index in [9.17, 15) is 14.7 Å². The van der Waals surface area contributed by atoms with Crippen LogP contribution in [0, 0.1) is 56.7 Å². The van der Waals surface area contributed by atoms with Crippen molar-refractivity contribution in [3.8, 4) is 0 Å². The van der Waals surface area contributed by atoms with Gasteiger partial charge >= 0.3 is 11.9 Å². The quantitative estimate of drug-likeness (QED) is 0.217. The zero-order valence-electron chi connectivity index (χ0n) is 27.6. The Bertz CT molecular complexity index is 1330. The molecule has 5 aliphatic carbocycles. The number of hydrogen-bond donors (Lipinski definition) is 1. The van der Waals surface area contributed by atoms with E-state index in [0.29, 0.717) is 23.7 Å². The van der Waals surface area contributed by atoms with Gasteiger partial charge in [0.05, 0.1) is 5.41 Å². The van der Waals surface area contributed by atoms with Gasteiger partial charge in [-0.3, -0.25) is 4.79 Å². The standard InChI is InChI=1S/C39H54O4/c1-25-17-22-39(34(41)42)24-23-37(6)28(33(39)26(25)2)14-15-30-36(5)20-19-31(35(3,4)29(36)18-21-38(30,37)7)43-32(40)16-13-27-11-9-8-10-12-27/h8-14,16,25-26,29-31,33H,15,17-24H2,1-7H3,(H,41,42)/b16-13+/t25-,26+,29+,30-,31+,33?,36+,37-,38-,39+/m1/s1. The van der Waals surface area contributed by atoms with Gasteiger partial charge in [0.1, 0.15) is 6.10 Å². The minimum atomic E-state index is -0.597.